The van der Waals surface area contributed by atoms with Crippen molar-refractivity contribution >= 4 is 10.0 Å². The van der Waals surface area contributed by atoms with Crippen LogP contribution in [0.1, 0.15) is 16.7 Å². The molecule has 1 aliphatic heterocycles. The van der Waals surface area contributed by atoms with E-state index >= 15 is 0 Å². The Hall–Kier alpha value is -0.870. The summed E-state index contributed by atoms with van der Waals surface area (Å²) in [6, 6.07) is 6.08. The van der Waals surface area contributed by atoms with Crippen LogP contribution in [0.25, 0.3) is 0 Å². The van der Waals surface area contributed by atoms with E-state index in [1.807, 2.05) is 19.1 Å². The fourth-order valence-corrected chi connectivity index (χ4v) is 2.47. The van der Waals surface area contributed by atoms with E-state index in [1.54, 1.807) is 0 Å². The second-order valence-electron chi connectivity index (χ2n) is 3.80. The van der Waals surface area contributed by atoms with Crippen LogP contribution in [0.15, 0.2) is 18.2 Å². The predicted octanol–water partition coefficient (Wildman–Crippen LogP) is 1.27. The first-order valence-corrected chi connectivity index (χ1v) is 6.35. The second-order valence-corrected chi connectivity index (χ2v) is 5.79. The summed E-state index contributed by atoms with van der Waals surface area (Å²) < 4.78 is 24.1. The molecule has 0 amide bonds. The third-order valence-corrected chi connectivity index (χ3v) is 3.72. The Morgan fingerprint density at radius 1 is 1.21 bits per heavy atom. The summed E-state index contributed by atoms with van der Waals surface area (Å²) in [6.45, 7) is 3.06. The van der Waals surface area contributed by atoms with Gasteiger partial charge in [0.2, 0.25) is 10.0 Å². The molecule has 14 heavy (non-hydrogen) atoms. The van der Waals surface area contributed by atoms with Crippen molar-refractivity contribution in [1.82, 2.24) is 4.31 Å². The Kier molecular flexibility index (Phi) is 2.12. The van der Waals surface area contributed by atoms with Gasteiger partial charge in [-0.25, -0.2) is 8.42 Å². The van der Waals surface area contributed by atoms with E-state index in [4.69, 9.17) is 0 Å². The van der Waals surface area contributed by atoms with Crippen LogP contribution in [0.3, 0.4) is 0 Å². The molecule has 0 saturated carbocycles. The van der Waals surface area contributed by atoms with E-state index in [-0.39, 0.29) is 0 Å². The van der Waals surface area contributed by atoms with Gasteiger partial charge in [0.1, 0.15) is 0 Å². The number of sulfonamides is 1. The molecule has 0 atom stereocenters. The maximum Gasteiger partial charge on any atom is 0.211 e. The van der Waals surface area contributed by atoms with Gasteiger partial charge in [0.15, 0.2) is 0 Å². The van der Waals surface area contributed by atoms with Gasteiger partial charge in [-0.15, -0.1) is 0 Å². The summed E-state index contributed by atoms with van der Waals surface area (Å²) in [5.74, 6) is 0. The van der Waals surface area contributed by atoms with Crippen LogP contribution < -0.4 is 0 Å². The molecule has 0 bridgehead atoms. The molecular weight excluding hydrogens is 198 g/mol. The molecule has 2 rings (SSSR count). The normalized spacial score (nSPS) is 17.0. The molecule has 0 aromatic heterocycles. The molecule has 3 nitrogen and oxygen atoms in total. The number of rotatable bonds is 1. The van der Waals surface area contributed by atoms with Crippen molar-refractivity contribution in [2.24, 2.45) is 0 Å². The van der Waals surface area contributed by atoms with Gasteiger partial charge in [-0.2, -0.15) is 4.31 Å². The van der Waals surface area contributed by atoms with E-state index in [2.05, 4.69) is 6.07 Å². The first-order chi connectivity index (χ1) is 6.47. The maximum absolute atomic E-state index is 11.3. The van der Waals surface area contributed by atoms with Gasteiger partial charge in [0.05, 0.1) is 6.26 Å². The van der Waals surface area contributed by atoms with Gasteiger partial charge in [-0.05, 0) is 18.1 Å². The Balaban J connectivity index is 2.35. The molecule has 0 radical (unpaired) electrons. The fourth-order valence-electron chi connectivity index (χ4n) is 1.73. The zero-order chi connectivity index (χ0) is 10.3. The minimum absolute atomic E-state index is 0.522. The third-order valence-electron chi connectivity index (χ3n) is 2.52. The van der Waals surface area contributed by atoms with Gasteiger partial charge in [0.25, 0.3) is 0 Å². The van der Waals surface area contributed by atoms with E-state index in [9.17, 15) is 8.42 Å². The van der Waals surface area contributed by atoms with E-state index in [1.165, 1.54) is 16.1 Å². The SMILES string of the molecule is Cc1ccc2c(c1)CN(S(C)(=O)=O)C2. The summed E-state index contributed by atoms with van der Waals surface area (Å²) in [7, 11) is -3.05. The van der Waals surface area contributed by atoms with Gasteiger partial charge in [-0.3, -0.25) is 0 Å². The van der Waals surface area contributed by atoms with Crippen LogP contribution >= 0.6 is 0 Å². The second kappa shape index (κ2) is 3.07. The highest BCUT2D eigenvalue weighted by Crippen LogP contribution is 2.25. The van der Waals surface area contributed by atoms with Gasteiger partial charge < -0.3 is 0 Å². The lowest BCUT2D eigenvalue weighted by Gasteiger charge is -2.10. The molecule has 76 valence electrons. The molecular formula is C10H13NO2S. The highest BCUT2D eigenvalue weighted by molar-refractivity contribution is 7.88. The van der Waals surface area contributed by atoms with Crippen LogP contribution in [0.5, 0.6) is 0 Å². The summed E-state index contributed by atoms with van der Waals surface area (Å²) >= 11 is 0. The molecule has 0 spiro atoms. The molecule has 1 aliphatic rings. The predicted molar refractivity (Wildman–Crippen MR) is 55.3 cm³/mol. The average Bonchev–Trinajstić information content (AvgIpc) is 2.45. The lowest BCUT2D eigenvalue weighted by molar-refractivity contribution is 0.436. The molecule has 0 N–H and O–H groups in total. The zero-order valence-electron chi connectivity index (χ0n) is 8.32. The minimum atomic E-state index is -3.05. The molecule has 0 aliphatic carbocycles. The standard InChI is InChI=1S/C10H13NO2S/c1-8-3-4-9-6-11(14(2,12)13)7-10(9)5-8/h3-5H,6-7H2,1-2H3. The van der Waals surface area contributed by atoms with Crippen molar-refractivity contribution in [2.75, 3.05) is 6.26 Å². The van der Waals surface area contributed by atoms with Crippen LogP contribution in [-0.2, 0) is 23.1 Å². The topological polar surface area (TPSA) is 37.4 Å². The summed E-state index contributed by atoms with van der Waals surface area (Å²) in [6.07, 6.45) is 1.26. The van der Waals surface area contributed by atoms with E-state index in [0.717, 1.165) is 11.1 Å². The van der Waals surface area contributed by atoms with E-state index in [0.29, 0.717) is 13.1 Å². The van der Waals surface area contributed by atoms with Crippen LogP contribution in [0.4, 0.5) is 0 Å². The number of hydrogen-bond acceptors (Lipinski definition) is 2. The third kappa shape index (κ3) is 1.67. The van der Waals surface area contributed by atoms with Gasteiger partial charge >= 0.3 is 0 Å². The first kappa shape index (κ1) is 9.68. The Labute approximate surface area is 84.4 Å². The smallest absolute Gasteiger partial charge is 0.211 e. The zero-order valence-corrected chi connectivity index (χ0v) is 9.13. The summed E-state index contributed by atoms with van der Waals surface area (Å²) in [4.78, 5) is 0. The average molecular weight is 211 g/mol. The quantitative estimate of drug-likeness (QED) is 0.701. The van der Waals surface area contributed by atoms with Crippen molar-refractivity contribution < 1.29 is 8.42 Å². The number of fused-ring (bicyclic) bond motifs is 1. The molecule has 0 saturated heterocycles. The van der Waals surface area contributed by atoms with Crippen molar-refractivity contribution in [2.45, 2.75) is 20.0 Å². The molecule has 0 unspecified atom stereocenters. The van der Waals surface area contributed by atoms with Crippen molar-refractivity contribution in [3.63, 3.8) is 0 Å². The van der Waals surface area contributed by atoms with Gasteiger partial charge in [0, 0.05) is 13.1 Å². The minimum Gasteiger partial charge on any atom is -0.212 e. The largest absolute Gasteiger partial charge is 0.212 e. The van der Waals surface area contributed by atoms with Crippen molar-refractivity contribution in [3.05, 3.63) is 34.9 Å². The van der Waals surface area contributed by atoms with Crippen LogP contribution in [0, 0.1) is 6.92 Å². The van der Waals surface area contributed by atoms with Crippen LogP contribution in [-0.4, -0.2) is 19.0 Å². The number of benzene rings is 1. The Bertz CT molecular complexity index is 465. The van der Waals surface area contributed by atoms with Crippen LogP contribution in [0.2, 0.25) is 0 Å². The summed E-state index contributed by atoms with van der Waals surface area (Å²) in [5, 5.41) is 0. The highest BCUT2D eigenvalue weighted by Gasteiger charge is 2.25. The Morgan fingerprint density at radius 2 is 1.86 bits per heavy atom. The molecule has 0 fully saturated rings. The lowest BCUT2D eigenvalue weighted by atomic mass is 10.1. The monoisotopic (exact) mass is 211 g/mol. The number of nitrogens with zero attached hydrogens (tertiary/aromatic N) is 1. The summed E-state index contributed by atoms with van der Waals surface area (Å²) in [5.41, 5.74) is 3.44. The molecule has 1 heterocycles. The molecule has 1 aromatic carbocycles. The van der Waals surface area contributed by atoms with Gasteiger partial charge in [-0.1, -0.05) is 23.8 Å². The number of hydrogen-bond donors (Lipinski definition) is 0. The molecule has 4 heteroatoms. The number of aryl methyl sites for hydroxylation is 1. The maximum atomic E-state index is 11.3. The Morgan fingerprint density at radius 3 is 2.50 bits per heavy atom. The van der Waals surface area contributed by atoms with Crippen molar-refractivity contribution in [3.8, 4) is 0 Å². The van der Waals surface area contributed by atoms with E-state index < -0.39 is 10.0 Å². The molecule has 1 aromatic rings. The van der Waals surface area contributed by atoms with Crippen molar-refractivity contribution in [1.29, 1.82) is 0 Å². The lowest BCUT2D eigenvalue weighted by Crippen LogP contribution is -2.23. The first-order valence-electron chi connectivity index (χ1n) is 4.50. The highest BCUT2D eigenvalue weighted by atomic mass is 32.2. The fraction of sp³-hybridized carbons (Fsp3) is 0.400.